The first-order valence-electron chi connectivity index (χ1n) is 11.4. The first-order valence-corrected chi connectivity index (χ1v) is 11.4. The molecule has 7 heteroatoms. The first kappa shape index (κ1) is 22.3. The van der Waals surface area contributed by atoms with E-state index in [4.69, 9.17) is 20.2 Å². The number of hydrogen-bond donors (Lipinski definition) is 2. The number of aromatic nitrogens is 2. The Morgan fingerprint density at radius 2 is 1.91 bits per heavy atom. The Hall–Kier alpha value is -2.90. The van der Waals surface area contributed by atoms with Gasteiger partial charge in [0, 0.05) is 31.7 Å². The number of hydrogen-bond acceptors (Lipinski definition) is 5. The van der Waals surface area contributed by atoms with Gasteiger partial charge in [-0.3, -0.25) is 4.79 Å². The maximum atomic E-state index is 10.9. The third-order valence-electron chi connectivity index (χ3n) is 5.86. The minimum Gasteiger partial charge on any atom is -0.457 e. The van der Waals surface area contributed by atoms with E-state index in [-0.39, 0.29) is 5.91 Å². The van der Waals surface area contributed by atoms with Gasteiger partial charge in [0.2, 0.25) is 5.91 Å². The van der Waals surface area contributed by atoms with Crippen molar-refractivity contribution >= 4 is 16.9 Å². The molecule has 1 fully saturated rings. The highest BCUT2D eigenvalue weighted by atomic mass is 16.5. The van der Waals surface area contributed by atoms with Crippen molar-refractivity contribution in [1.82, 2.24) is 14.9 Å². The number of primary amides is 1. The van der Waals surface area contributed by atoms with Crippen LogP contribution in [0.4, 0.5) is 0 Å². The number of nitrogens with one attached hydrogen (secondary N) is 1. The van der Waals surface area contributed by atoms with E-state index < -0.39 is 0 Å². The zero-order valence-electron chi connectivity index (χ0n) is 18.7. The van der Waals surface area contributed by atoms with E-state index in [1.165, 1.54) is 5.56 Å². The molecule has 0 atom stereocenters. The van der Waals surface area contributed by atoms with E-state index in [9.17, 15) is 4.79 Å². The number of aryl methyl sites for hydroxylation is 1. The van der Waals surface area contributed by atoms with Crippen LogP contribution >= 0.6 is 0 Å². The summed E-state index contributed by atoms with van der Waals surface area (Å²) in [5.41, 5.74) is 8.48. The van der Waals surface area contributed by atoms with E-state index in [1.807, 2.05) is 36.4 Å². The maximum absolute atomic E-state index is 10.9. The summed E-state index contributed by atoms with van der Waals surface area (Å²) in [5, 5.41) is 3.48. The Labute approximate surface area is 188 Å². The molecular formula is C25H32N4O3. The topological polar surface area (TPSA) is 91.4 Å². The monoisotopic (exact) mass is 436 g/mol. The van der Waals surface area contributed by atoms with Gasteiger partial charge in [-0.15, -0.1) is 0 Å². The molecule has 1 amide bonds. The fourth-order valence-corrected chi connectivity index (χ4v) is 4.15. The minimum atomic E-state index is -0.241. The number of imidazole rings is 1. The lowest BCUT2D eigenvalue weighted by atomic mass is 10.1. The summed E-state index contributed by atoms with van der Waals surface area (Å²) >= 11 is 0. The van der Waals surface area contributed by atoms with Gasteiger partial charge in [0.05, 0.1) is 17.6 Å². The van der Waals surface area contributed by atoms with Gasteiger partial charge in [0.25, 0.3) is 0 Å². The summed E-state index contributed by atoms with van der Waals surface area (Å²) in [7, 11) is 0. The van der Waals surface area contributed by atoms with E-state index >= 15 is 0 Å². The molecule has 0 aliphatic carbocycles. The molecule has 0 spiro atoms. The van der Waals surface area contributed by atoms with Crippen LogP contribution in [0.15, 0.2) is 42.5 Å². The largest absolute Gasteiger partial charge is 0.457 e. The summed E-state index contributed by atoms with van der Waals surface area (Å²) in [4.78, 5) is 15.8. The molecule has 32 heavy (non-hydrogen) atoms. The van der Waals surface area contributed by atoms with Crippen LogP contribution in [0.1, 0.15) is 49.5 Å². The van der Waals surface area contributed by atoms with Crippen molar-refractivity contribution in [2.24, 2.45) is 5.73 Å². The average Bonchev–Trinajstić information content (AvgIpc) is 3.15. The predicted octanol–water partition coefficient (Wildman–Crippen LogP) is 4.23. The summed E-state index contributed by atoms with van der Waals surface area (Å²) < 4.78 is 14.1. The maximum Gasteiger partial charge on any atom is 0.217 e. The van der Waals surface area contributed by atoms with Crippen LogP contribution in [0.5, 0.6) is 11.5 Å². The smallest absolute Gasteiger partial charge is 0.217 e. The molecule has 1 aromatic heterocycles. The molecule has 1 aliphatic heterocycles. The Bertz CT molecular complexity index is 1040. The molecule has 3 aromatic rings. The third kappa shape index (κ3) is 5.66. The highest BCUT2D eigenvalue weighted by Gasteiger charge is 2.22. The quantitative estimate of drug-likeness (QED) is 0.464. The number of rotatable bonds is 10. The van der Waals surface area contributed by atoms with Gasteiger partial charge < -0.3 is 25.1 Å². The normalized spacial score (nSPS) is 14.7. The van der Waals surface area contributed by atoms with Crippen molar-refractivity contribution in [3.05, 3.63) is 53.9 Å². The highest BCUT2D eigenvalue weighted by molar-refractivity contribution is 5.78. The Kier molecular flexibility index (Phi) is 7.39. The van der Waals surface area contributed by atoms with Crippen molar-refractivity contribution in [3.63, 3.8) is 0 Å². The fraction of sp³-hybridized carbons (Fsp3) is 0.440. The second kappa shape index (κ2) is 10.6. The molecule has 170 valence electrons. The van der Waals surface area contributed by atoms with Crippen LogP contribution in [0.25, 0.3) is 11.0 Å². The van der Waals surface area contributed by atoms with Gasteiger partial charge in [-0.25, -0.2) is 4.98 Å². The lowest BCUT2D eigenvalue weighted by Crippen LogP contribution is -2.24. The summed E-state index contributed by atoms with van der Waals surface area (Å²) in [6, 6.07) is 14.5. The highest BCUT2D eigenvalue weighted by Crippen LogP contribution is 2.31. The molecule has 0 unspecified atom stereocenters. The molecule has 2 aromatic carbocycles. The molecular weight excluding hydrogens is 404 g/mol. The third-order valence-corrected chi connectivity index (χ3v) is 5.86. The number of unbranched alkanes of at least 4 members (excludes halogenated alkanes) is 1. The van der Waals surface area contributed by atoms with Crippen LogP contribution < -0.4 is 15.8 Å². The number of benzene rings is 2. The number of amides is 1. The van der Waals surface area contributed by atoms with Crippen LogP contribution in [0.2, 0.25) is 0 Å². The average molecular weight is 437 g/mol. The van der Waals surface area contributed by atoms with Gasteiger partial charge >= 0.3 is 0 Å². The number of carbonyl (C=O) groups excluding carboxylic acids is 1. The molecule has 1 saturated heterocycles. The van der Waals surface area contributed by atoms with Crippen molar-refractivity contribution in [3.8, 4) is 11.5 Å². The summed E-state index contributed by atoms with van der Waals surface area (Å²) in [6.45, 7) is 5.10. The lowest BCUT2D eigenvalue weighted by molar-refractivity contribution is -0.118. The van der Waals surface area contributed by atoms with E-state index in [1.54, 1.807) is 0 Å². The molecule has 0 bridgehead atoms. The van der Waals surface area contributed by atoms with Crippen LogP contribution in [-0.4, -0.2) is 35.2 Å². The zero-order valence-corrected chi connectivity index (χ0v) is 18.7. The second-order valence-corrected chi connectivity index (χ2v) is 8.41. The van der Waals surface area contributed by atoms with Gasteiger partial charge in [-0.2, -0.15) is 0 Å². The van der Waals surface area contributed by atoms with Crippen LogP contribution in [0.3, 0.4) is 0 Å². The van der Waals surface area contributed by atoms with E-state index in [0.29, 0.717) is 19.0 Å². The van der Waals surface area contributed by atoms with Gasteiger partial charge in [-0.05, 0) is 63.4 Å². The molecule has 0 saturated carbocycles. The number of ether oxygens (including phenoxy) is 2. The van der Waals surface area contributed by atoms with Crippen molar-refractivity contribution in [2.75, 3.05) is 19.8 Å². The molecule has 0 radical (unpaired) electrons. The molecule has 1 aliphatic rings. The number of carbonyl (C=O) groups is 1. The van der Waals surface area contributed by atoms with E-state index in [0.717, 1.165) is 73.8 Å². The van der Waals surface area contributed by atoms with Gasteiger partial charge in [-0.1, -0.05) is 17.7 Å². The van der Waals surface area contributed by atoms with Crippen molar-refractivity contribution < 1.29 is 14.3 Å². The number of nitrogens with two attached hydrogens (primary N) is 1. The first-order chi connectivity index (χ1) is 15.6. The number of nitrogens with zero attached hydrogens (tertiary/aromatic N) is 2. The second-order valence-electron chi connectivity index (χ2n) is 8.41. The fourth-order valence-electron chi connectivity index (χ4n) is 4.15. The molecule has 4 rings (SSSR count). The SMILES string of the molecule is Cc1ccc(Oc2ccc3nc(CNCCCCC(N)=O)n(C4CCOCC4)c3c2)cc1. The van der Waals surface area contributed by atoms with Crippen LogP contribution in [0, 0.1) is 6.92 Å². The molecule has 3 N–H and O–H groups in total. The summed E-state index contributed by atoms with van der Waals surface area (Å²) in [6.07, 6.45) is 4.10. The lowest BCUT2D eigenvalue weighted by Gasteiger charge is -2.26. The number of fused-ring (bicyclic) bond motifs is 1. The van der Waals surface area contributed by atoms with Crippen molar-refractivity contribution in [2.45, 2.75) is 51.6 Å². The minimum absolute atomic E-state index is 0.241. The van der Waals surface area contributed by atoms with Gasteiger partial charge in [0.15, 0.2) is 0 Å². The van der Waals surface area contributed by atoms with Crippen molar-refractivity contribution in [1.29, 1.82) is 0 Å². The summed E-state index contributed by atoms with van der Waals surface area (Å²) in [5.74, 6) is 2.41. The Morgan fingerprint density at radius 1 is 1.16 bits per heavy atom. The standard InChI is InChI=1S/C25H32N4O3/c1-18-5-7-20(8-6-18)32-21-9-10-22-23(16-21)29(19-11-14-31-15-12-19)25(28-22)17-27-13-3-2-4-24(26)30/h5-10,16,19,27H,2-4,11-15,17H2,1H3,(H2,26,30). The molecule has 7 nitrogen and oxygen atoms in total. The zero-order chi connectivity index (χ0) is 22.3. The predicted molar refractivity (Wildman–Crippen MR) is 125 cm³/mol. The molecule has 2 heterocycles. The Morgan fingerprint density at radius 3 is 2.66 bits per heavy atom. The van der Waals surface area contributed by atoms with E-state index in [2.05, 4.69) is 22.9 Å². The van der Waals surface area contributed by atoms with Gasteiger partial charge in [0.1, 0.15) is 17.3 Å². The van der Waals surface area contributed by atoms with Crippen LogP contribution in [-0.2, 0) is 16.1 Å². The Balaban J connectivity index is 1.53.